The number of carbonyl (C=O) groups is 1. The molecule has 5 rings (SSSR count). The molecule has 0 aliphatic heterocycles. The van der Waals surface area contributed by atoms with E-state index >= 15 is 4.39 Å². The molecule has 3 aromatic carbocycles. The Morgan fingerprint density at radius 1 is 1.00 bits per heavy atom. The number of H-pyrrole nitrogens is 1. The molecular weight excluding hydrogens is 415 g/mol. The van der Waals surface area contributed by atoms with Gasteiger partial charge in [-0.1, -0.05) is 36.4 Å². The number of aryl methyl sites for hydroxylation is 1. The molecule has 168 valence electrons. The van der Waals surface area contributed by atoms with Crippen molar-refractivity contribution in [3.05, 3.63) is 77.6 Å². The van der Waals surface area contributed by atoms with Gasteiger partial charge in [0, 0.05) is 6.42 Å². The highest BCUT2D eigenvalue weighted by Crippen LogP contribution is 2.38. The molecule has 0 spiro atoms. The zero-order valence-electron chi connectivity index (χ0n) is 18.6. The number of aromatic nitrogens is 2. The first kappa shape index (κ1) is 21.4. The molecular formula is C28H27FN2O2. The maximum absolute atomic E-state index is 15.0. The SMILES string of the molecule is Cc1ccc2nc(-c3ccc(-c4ccc(C5CCC(CC(=O)O)CC5)cc4)cc3F)[nH]c2c1. The fourth-order valence-corrected chi connectivity index (χ4v) is 5.03. The molecule has 1 heterocycles. The number of halogens is 1. The lowest BCUT2D eigenvalue weighted by Crippen LogP contribution is -2.16. The highest BCUT2D eigenvalue weighted by atomic mass is 19.1. The summed E-state index contributed by atoms with van der Waals surface area (Å²) in [6, 6.07) is 19.6. The number of rotatable bonds is 5. The minimum atomic E-state index is -0.698. The number of hydrogen-bond acceptors (Lipinski definition) is 2. The van der Waals surface area contributed by atoms with Crippen LogP contribution >= 0.6 is 0 Å². The van der Waals surface area contributed by atoms with E-state index in [2.05, 4.69) is 34.2 Å². The molecule has 33 heavy (non-hydrogen) atoms. The van der Waals surface area contributed by atoms with Gasteiger partial charge in [-0.3, -0.25) is 4.79 Å². The number of benzene rings is 3. The van der Waals surface area contributed by atoms with Gasteiger partial charge in [-0.15, -0.1) is 0 Å². The Morgan fingerprint density at radius 2 is 1.73 bits per heavy atom. The third-order valence-electron chi connectivity index (χ3n) is 6.89. The quantitative estimate of drug-likeness (QED) is 0.347. The predicted octanol–water partition coefficient (Wildman–Crippen LogP) is 7.09. The van der Waals surface area contributed by atoms with Crippen molar-refractivity contribution in [2.75, 3.05) is 0 Å². The molecule has 1 saturated carbocycles. The van der Waals surface area contributed by atoms with Gasteiger partial charge >= 0.3 is 5.97 Å². The number of aromatic amines is 1. The summed E-state index contributed by atoms with van der Waals surface area (Å²) in [6.45, 7) is 2.02. The van der Waals surface area contributed by atoms with E-state index in [-0.39, 0.29) is 12.2 Å². The number of hydrogen-bond donors (Lipinski definition) is 2. The molecule has 0 bridgehead atoms. The number of carboxylic acids is 1. The first-order valence-corrected chi connectivity index (χ1v) is 11.5. The van der Waals surface area contributed by atoms with E-state index in [9.17, 15) is 4.79 Å². The van der Waals surface area contributed by atoms with Crippen molar-refractivity contribution in [1.82, 2.24) is 9.97 Å². The van der Waals surface area contributed by atoms with Gasteiger partial charge in [-0.05, 0) is 91.0 Å². The number of nitrogens with one attached hydrogen (secondary N) is 1. The van der Waals surface area contributed by atoms with Gasteiger partial charge in [-0.25, -0.2) is 9.37 Å². The van der Waals surface area contributed by atoms with E-state index in [0.29, 0.717) is 23.2 Å². The summed E-state index contributed by atoms with van der Waals surface area (Å²) < 4.78 is 15.0. The smallest absolute Gasteiger partial charge is 0.303 e. The van der Waals surface area contributed by atoms with Crippen LogP contribution in [-0.2, 0) is 4.79 Å². The number of fused-ring (bicyclic) bond motifs is 1. The monoisotopic (exact) mass is 442 g/mol. The van der Waals surface area contributed by atoms with Gasteiger partial charge in [0.1, 0.15) is 11.6 Å². The van der Waals surface area contributed by atoms with Gasteiger partial charge in [0.2, 0.25) is 0 Å². The molecule has 5 heteroatoms. The van der Waals surface area contributed by atoms with E-state index < -0.39 is 5.97 Å². The summed E-state index contributed by atoms with van der Waals surface area (Å²) in [5.41, 5.74) is 6.41. The zero-order valence-corrected chi connectivity index (χ0v) is 18.6. The molecule has 0 amide bonds. The fourth-order valence-electron chi connectivity index (χ4n) is 5.03. The summed E-state index contributed by atoms with van der Waals surface area (Å²) in [5, 5.41) is 9.00. The van der Waals surface area contributed by atoms with Crippen molar-refractivity contribution in [2.24, 2.45) is 5.92 Å². The van der Waals surface area contributed by atoms with Crippen molar-refractivity contribution in [2.45, 2.75) is 44.9 Å². The summed E-state index contributed by atoms with van der Waals surface area (Å²) >= 11 is 0. The molecule has 0 unspecified atom stereocenters. The van der Waals surface area contributed by atoms with E-state index in [1.54, 1.807) is 12.1 Å². The Kier molecular flexibility index (Phi) is 5.71. The molecule has 4 nitrogen and oxygen atoms in total. The molecule has 1 aliphatic carbocycles. The normalized spacial score (nSPS) is 18.5. The van der Waals surface area contributed by atoms with Gasteiger partial charge in [0.05, 0.1) is 16.6 Å². The Labute approximate surface area is 192 Å². The average molecular weight is 443 g/mol. The first-order chi connectivity index (χ1) is 16.0. The maximum atomic E-state index is 15.0. The number of aliphatic carboxylic acids is 1. The number of nitrogens with zero attached hydrogens (tertiary/aromatic N) is 1. The maximum Gasteiger partial charge on any atom is 0.303 e. The van der Waals surface area contributed by atoms with E-state index in [1.807, 2.05) is 31.2 Å². The van der Waals surface area contributed by atoms with Crippen molar-refractivity contribution >= 4 is 17.0 Å². The zero-order chi connectivity index (χ0) is 22.9. The van der Waals surface area contributed by atoms with Crippen molar-refractivity contribution in [1.29, 1.82) is 0 Å². The van der Waals surface area contributed by atoms with Gasteiger partial charge < -0.3 is 10.1 Å². The van der Waals surface area contributed by atoms with Crippen molar-refractivity contribution in [3.8, 4) is 22.5 Å². The Hall–Kier alpha value is -3.47. The molecule has 0 saturated heterocycles. The van der Waals surface area contributed by atoms with Crippen LogP contribution < -0.4 is 0 Å². The molecule has 0 radical (unpaired) electrons. The van der Waals surface area contributed by atoms with Crippen LogP contribution in [0.2, 0.25) is 0 Å². The second-order valence-electron chi connectivity index (χ2n) is 9.24. The second kappa shape index (κ2) is 8.81. The molecule has 1 fully saturated rings. The van der Waals surface area contributed by atoms with Crippen LogP contribution in [0.15, 0.2) is 60.7 Å². The van der Waals surface area contributed by atoms with Crippen LogP contribution in [0.25, 0.3) is 33.5 Å². The van der Waals surface area contributed by atoms with Gasteiger partial charge in [-0.2, -0.15) is 0 Å². The lowest BCUT2D eigenvalue weighted by Gasteiger charge is -2.28. The standard InChI is InChI=1S/C28H27FN2O2/c1-17-2-13-25-26(14-17)31-28(30-25)23-12-11-22(16-24(23)29)21-9-7-20(8-10-21)19-5-3-18(4-6-19)15-27(32)33/h2,7-14,16,18-19H,3-6,15H2,1H3,(H,30,31)(H,32,33). The molecule has 4 aromatic rings. The van der Waals surface area contributed by atoms with Crippen LogP contribution in [0.1, 0.15) is 49.1 Å². The lowest BCUT2D eigenvalue weighted by molar-refractivity contribution is -0.138. The van der Waals surface area contributed by atoms with Crippen LogP contribution in [-0.4, -0.2) is 21.0 Å². The molecule has 1 aliphatic rings. The molecule has 0 atom stereocenters. The largest absolute Gasteiger partial charge is 0.481 e. The summed E-state index contributed by atoms with van der Waals surface area (Å²) in [4.78, 5) is 18.7. The minimum Gasteiger partial charge on any atom is -0.481 e. The summed E-state index contributed by atoms with van der Waals surface area (Å²) in [6.07, 6.45) is 4.26. The highest BCUT2D eigenvalue weighted by Gasteiger charge is 2.24. The summed E-state index contributed by atoms with van der Waals surface area (Å²) in [5.74, 6) is 0.310. The predicted molar refractivity (Wildman–Crippen MR) is 129 cm³/mol. The number of imidazole rings is 1. The number of carboxylic acid groups (broad SMARTS) is 1. The van der Waals surface area contributed by atoms with Crippen LogP contribution in [0.3, 0.4) is 0 Å². The Morgan fingerprint density at radius 3 is 2.42 bits per heavy atom. The Balaban J connectivity index is 1.31. The topological polar surface area (TPSA) is 66.0 Å². The van der Waals surface area contributed by atoms with Crippen LogP contribution in [0, 0.1) is 18.7 Å². The molecule has 2 N–H and O–H groups in total. The third-order valence-corrected chi connectivity index (χ3v) is 6.89. The van der Waals surface area contributed by atoms with E-state index in [1.165, 1.54) is 5.56 Å². The first-order valence-electron chi connectivity index (χ1n) is 11.5. The fraction of sp³-hybridized carbons (Fsp3) is 0.286. The van der Waals surface area contributed by atoms with Crippen molar-refractivity contribution < 1.29 is 14.3 Å². The van der Waals surface area contributed by atoms with E-state index in [4.69, 9.17) is 5.11 Å². The van der Waals surface area contributed by atoms with Crippen LogP contribution in [0.5, 0.6) is 0 Å². The molecule has 1 aromatic heterocycles. The van der Waals surface area contributed by atoms with E-state index in [0.717, 1.165) is 53.4 Å². The third kappa shape index (κ3) is 4.54. The minimum absolute atomic E-state index is 0.279. The van der Waals surface area contributed by atoms with Crippen molar-refractivity contribution in [3.63, 3.8) is 0 Å². The highest BCUT2D eigenvalue weighted by molar-refractivity contribution is 5.80. The summed E-state index contributed by atoms with van der Waals surface area (Å²) in [7, 11) is 0. The Bertz CT molecular complexity index is 1300. The van der Waals surface area contributed by atoms with Crippen LogP contribution in [0.4, 0.5) is 4.39 Å². The lowest BCUT2D eigenvalue weighted by atomic mass is 9.77. The van der Waals surface area contributed by atoms with Gasteiger partial charge in [0.15, 0.2) is 0 Å². The average Bonchev–Trinajstić information content (AvgIpc) is 3.22. The second-order valence-corrected chi connectivity index (χ2v) is 9.24. The van der Waals surface area contributed by atoms with Gasteiger partial charge in [0.25, 0.3) is 0 Å².